The molecule has 2 rings (SSSR count). The van der Waals surface area contributed by atoms with E-state index in [9.17, 15) is 9.18 Å². The van der Waals surface area contributed by atoms with Crippen LogP contribution in [0.2, 0.25) is 0 Å². The fourth-order valence-electron chi connectivity index (χ4n) is 1.86. The Kier molecular flexibility index (Phi) is 5.14. The van der Waals surface area contributed by atoms with Crippen molar-refractivity contribution in [2.75, 3.05) is 19.5 Å². The summed E-state index contributed by atoms with van der Waals surface area (Å²) in [6.07, 6.45) is 2.68. The van der Waals surface area contributed by atoms with Crippen LogP contribution in [-0.4, -0.2) is 20.1 Å². The number of amides is 1. The van der Waals surface area contributed by atoms with Gasteiger partial charge >= 0.3 is 0 Å². The van der Waals surface area contributed by atoms with Crippen LogP contribution in [0.3, 0.4) is 0 Å². The monoisotopic (exact) mass is 301 g/mol. The molecule has 1 amide bonds. The van der Waals surface area contributed by atoms with Crippen molar-refractivity contribution >= 4 is 17.7 Å². The Morgan fingerprint density at radius 2 is 1.91 bits per heavy atom. The number of rotatable bonds is 5. The highest BCUT2D eigenvalue weighted by Crippen LogP contribution is 2.28. The molecule has 0 atom stereocenters. The molecule has 0 unspecified atom stereocenters. The lowest BCUT2D eigenvalue weighted by molar-refractivity contribution is -0.111. The Bertz CT molecular complexity index is 698. The standard InChI is InChI=1S/C17H16FNO3/c1-21-13-8-9-16(22-2)15(11-13)19-17(20)10-7-12-5-3-4-6-14(12)18/h3-11H,1-2H3,(H,19,20)/b10-7+. The first kappa shape index (κ1) is 15.6. The van der Waals surface area contributed by atoms with Gasteiger partial charge in [-0.1, -0.05) is 18.2 Å². The first-order valence-electron chi connectivity index (χ1n) is 6.59. The normalized spacial score (nSPS) is 10.5. The lowest BCUT2D eigenvalue weighted by atomic mass is 10.2. The van der Waals surface area contributed by atoms with Crippen LogP contribution < -0.4 is 14.8 Å². The summed E-state index contributed by atoms with van der Waals surface area (Å²) in [4.78, 5) is 11.9. The number of hydrogen-bond donors (Lipinski definition) is 1. The van der Waals surface area contributed by atoms with Gasteiger partial charge in [0.2, 0.25) is 5.91 Å². The number of benzene rings is 2. The Morgan fingerprint density at radius 3 is 2.59 bits per heavy atom. The van der Waals surface area contributed by atoms with E-state index in [1.807, 2.05) is 0 Å². The van der Waals surface area contributed by atoms with Crippen molar-refractivity contribution in [3.05, 3.63) is 59.9 Å². The predicted molar refractivity (Wildman–Crippen MR) is 83.6 cm³/mol. The van der Waals surface area contributed by atoms with E-state index in [-0.39, 0.29) is 5.82 Å². The van der Waals surface area contributed by atoms with Gasteiger partial charge in [-0.25, -0.2) is 4.39 Å². The minimum absolute atomic E-state index is 0.343. The molecule has 0 fully saturated rings. The summed E-state index contributed by atoms with van der Waals surface area (Å²) in [7, 11) is 3.04. The molecule has 22 heavy (non-hydrogen) atoms. The second-order valence-electron chi connectivity index (χ2n) is 4.41. The SMILES string of the molecule is COc1ccc(OC)c(NC(=O)/C=C/c2ccccc2F)c1. The lowest BCUT2D eigenvalue weighted by Crippen LogP contribution is -2.09. The van der Waals surface area contributed by atoms with E-state index in [2.05, 4.69) is 5.32 Å². The van der Waals surface area contributed by atoms with Gasteiger partial charge in [0.15, 0.2) is 0 Å². The van der Waals surface area contributed by atoms with Crippen molar-refractivity contribution in [2.45, 2.75) is 0 Å². The van der Waals surface area contributed by atoms with Crippen LogP contribution >= 0.6 is 0 Å². The molecule has 0 radical (unpaired) electrons. The third-order valence-corrected chi connectivity index (χ3v) is 2.98. The summed E-state index contributed by atoms with van der Waals surface area (Å²) in [5.41, 5.74) is 0.820. The average Bonchev–Trinajstić information content (AvgIpc) is 2.54. The summed E-state index contributed by atoms with van der Waals surface area (Å²) >= 11 is 0. The van der Waals surface area contributed by atoms with E-state index in [0.717, 1.165) is 0 Å². The van der Waals surface area contributed by atoms with Crippen LogP contribution in [-0.2, 0) is 4.79 Å². The molecular formula is C17H16FNO3. The number of anilines is 1. The smallest absolute Gasteiger partial charge is 0.248 e. The highest BCUT2D eigenvalue weighted by atomic mass is 19.1. The predicted octanol–water partition coefficient (Wildman–Crippen LogP) is 3.49. The maximum absolute atomic E-state index is 13.5. The Morgan fingerprint density at radius 1 is 1.14 bits per heavy atom. The lowest BCUT2D eigenvalue weighted by Gasteiger charge is -2.10. The van der Waals surface area contributed by atoms with Gasteiger partial charge < -0.3 is 14.8 Å². The van der Waals surface area contributed by atoms with Crippen molar-refractivity contribution in [1.82, 2.24) is 0 Å². The fourth-order valence-corrected chi connectivity index (χ4v) is 1.86. The molecule has 0 bridgehead atoms. The zero-order chi connectivity index (χ0) is 15.9. The molecule has 0 saturated carbocycles. The molecule has 0 aliphatic rings. The molecule has 0 saturated heterocycles. The quantitative estimate of drug-likeness (QED) is 0.860. The van der Waals surface area contributed by atoms with Crippen molar-refractivity contribution in [3.63, 3.8) is 0 Å². The topological polar surface area (TPSA) is 47.6 Å². The number of carbonyl (C=O) groups is 1. The number of methoxy groups -OCH3 is 2. The molecule has 114 valence electrons. The third kappa shape index (κ3) is 3.85. The summed E-state index contributed by atoms with van der Waals surface area (Å²) < 4.78 is 23.7. The molecule has 0 aliphatic carbocycles. The molecule has 0 aromatic heterocycles. The van der Waals surface area contributed by atoms with Gasteiger partial charge in [0.1, 0.15) is 17.3 Å². The maximum Gasteiger partial charge on any atom is 0.248 e. The minimum atomic E-state index is -0.394. The zero-order valence-electron chi connectivity index (χ0n) is 12.3. The van der Waals surface area contributed by atoms with Crippen molar-refractivity contribution in [3.8, 4) is 11.5 Å². The highest BCUT2D eigenvalue weighted by Gasteiger charge is 2.07. The molecule has 0 heterocycles. The molecule has 0 aliphatic heterocycles. The van der Waals surface area contributed by atoms with E-state index in [1.54, 1.807) is 36.4 Å². The third-order valence-electron chi connectivity index (χ3n) is 2.98. The number of ether oxygens (including phenoxy) is 2. The Balaban J connectivity index is 2.14. The zero-order valence-corrected chi connectivity index (χ0v) is 12.3. The summed E-state index contributed by atoms with van der Waals surface area (Å²) in [5, 5.41) is 2.67. The number of hydrogen-bond acceptors (Lipinski definition) is 3. The molecule has 2 aromatic carbocycles. The second-order valence-corrected chi connectivity index (χ2v) is 4.41. The Hall–Kier alpha value is -2.82. The number of nitrogens with one attached hydrogen (secondary N) is 1. The van der Waals surface area contributed by atoms with Gasteiger partial charge in [0.25, 0.3) is 0 Å². The van der Waals surface area contributed by atoms with Crippen molar-refractivity contribution < 1.29 is 18.7 Å². The highest BCUT2D eigenvalue weighted by molar-refractivity contribution is 6.02. The Labute approximate surface area is 128 Å². The molecule has 0 spiro atoms. The van der Waals surface area contributed by atoms with E-state index >= 15 is 0 Å². The minimum Gasteiger partial charge on any atom is -0.497 e. The largest absolute Gasteiger partial charge is 0.497 e. The van der Waals surface area contributed by atoms with E-state index < -0.39 is 5.91 Å². The average molecular weight is 301 g/mol. The molecule has 4 nitrogen and oxygen atoms in total. The van der Waals surface area contributed by atoms with Gasteiger partial charge in [-0.15, -0.1) is 0 Å². The van der Waals surface area contributed by atoms with Gasteiger partial charge in [0.05, 0.1) is 19.9 Å². The molecular weight excluding hydrogens is 285 g/mol. The van der Waals surface area contributed by atoms with E-state index in [1.165, 1.54) is 32.4 Å². The van der Waals surface area contributed by atoms with Crippen molar-refractivity contribution in [2.24, 2.45) is 0 Å². The molecule has 5 heteroatoms. The fraction of sp³-hybridized carbons (Fsp3) is 0.118. The van der Waals surface area contributed by atoms with E-state index in [4.69, 9.17) is 9.47 Å². The molecule has 2 aromatic rings. The van der Waals surface area contributed by atoms with Crippen LogP contribution in [0.25, 0.3) is 6.08 Å². The van der Waals surface area contributed by atoms with Gasteiger partial charge in [0, 0.05) is 17.7 Å². The first-order valence-corrected chi connectivity index (χ1v) is 6.59. The summed E-state index contributed by atoms with van der Waals surface area (Å²) in [6.45, 7) is 0. The van der Waals surface area contributed by atoms with Gasteiger partial charge in [-0.05, 0) is 24.3 Å². The van der Waals surface area contributed by atoms with Crippen molar-refractivity contribution in [1.29, 1.82) is 0 Å². The molecule has 1 N–H and O–H groups in total. The van der Waals surface area contributed by atoms with Crippen LogP contribution in [0.15, 0.2) is 48.5 Å². The van der Waals surface area contributed by atoms with E-state index in [0.29, 0.717) is 22.7 Å². The van der Waals surface area contributed by atoms with Crippen LogP contribution in [0, 0.1) is 5.82 Å². The summed E-state index contributed by atoms with van der Waals surface area (Å²) in [5.74, 6) is 0.322. The second kappa shape index (κ2) is 7.26. The number of carbonyl (C=O) groups excluding carboxylic acids is 1. The number of halogens is 1. The van der Waals surface area contributed by atoms with Gasteiger partial charge in [-0.3, -0.25) is 4.79 Å². The first-order chi connectivity index (χ1) is 10.6. The van der Waals surface area contributed by atoms with Crippen LogP contribution in [0.1, 0.15) is 5.56 Å². The van der Waals surface area contributed by atoms with Crippen LogP contribution in [0.4, 0.5) is 10.1 Å². The summed E-state index contributed by atoms with van der Waals surface area (Å²) in [6, 6.07) is 11.3. The van der Waals surface area contributed by atoms with Gasteiger partial charge in [-0.2, -0.15) is 0 Å². The van der Waals surface area contributed by atoms with Crippen LogP contribution in [0.5, 0.6) is 11.5 Å². The maximum atomic E-state index is 13.5.